The summed E-state index contributed by atoms with van der Waals surface area (Å²) in [6, 6.07) is 14.1. The van der Waals surface area contributed by atoms with Crippen molar-refractivity contribution in [3.63, 3.8) is 0 Å². The third-order valence-electron chi connectivity index (χ3n) is 5.13. The van der Waals surface area contributed by atoms with E-state index >= 15 is 0 Å². The van der Waals surface area contributed by atoms with E-state index in [1.165, 1.54) is 11.1 Å². The Kier molecular flexibility index (Phi) is 7.61. The van der Waals surface area contributed by atoms with E-state index in [9.17, 15) is 4.79 Å². The molecule has 154 valence electrons. The van der Waals surface area contributed by atoms with Crippen molar-refractivity contribution in [2.45, 2.75) is 33.2 Å². The Morgan fingerprint density at radius 1 is 1.21 bits per heavy atom. The maximum absolute atomic E-state index is 11.8. The molecular formula is C23H29N3O2S. The van der Waals surface area contributed by atoms with Crippen molar-refractivity contribution >= 4 is 29.0 Å². The zero-order valence-corrected chi connectivity index (χ0v) is 18.0. The van der Waals surface area contributed by atoms with E-state index in [4.69, 9.17) is 17.0 Å². The number of esters is 1. The molecule has 0 aliphatic carbocycles. The number of fused-ring (bicyclic) bond motifs is 1. The first-order valence-electron chi connectivity index (χ1n) is 10.2. The summed E-state index contributed by atoms with van der Waals surface area (Å²) in [4.78, 5) is 14.3. The van der Waals surface area contributed by atoms with E-state index in [1.54, 1.807) is 13.0 Å². The minimum absolute atomic E-state index is 0.303. The van der Waals surface area contributed by atoms with Crippen molar-refractivity contribution in [2.75, 3.05) is 31.6 Å². The Morgan fingerprint density at radius 2 is 2.00 bits per heavy atom. The normalized spacial score (nSPS) is 13.4. The number of rotatable bonds is 7. The van der Waals surface area contributed by atoms with Crippen LogP contribution in [0, 0.1) is 6.92 Å². The van der Waals surface area contributed by atoms with Crippen LogP contribution in [0.3, 0.4) is 0 Å². The average Bonchev–Trinajstić information content (AvgIpc) is 2.72. The van der Waals surface area contributed by atoms with Crippen LogP contribution in [0.2, 0.25) is 0 Å². The molecule has 5 nitrogen and oxygen atoms in total. The van der Waals surface area contributed by atoms with Gasteiger partial charge in [0.15, 0.2) is 5.11 Å². The highest BCUT2D eigenvalue weighted by molar-refractivity contribution is 7.80. The van der Waals surface area contributed by atoms with Gasteiger partial charge in [-0.2, -0.15) is 0 Å². The highest BCUT2D eigenvalue weighted by atomic mass is 32.1. The summed E-state index contributed by atoms with van der Waals surface area (Å²) < 4.78 is 5.04. The van der Waals surface area contributed by atoms with Crippen LogP contribution >= 0.6 is 12.2 Å². The Labute approximate surface area is 178 Å². The average molecular weight is 412 g/mol. The van der Waals surface area contributed by atoms with Crippen LogP contribution < -0.4 is 10.6 Å². The fraction of sp³-hybridized carbons (Fsp3) is 0.391. The number of hydrogen-bond donors (Lipinski definition) is 2. The number of carbonyl (C=O) groups is 1. The summed E-state index contributed by atoms with van der Waals surface area (Å²) in [5.74, 6) is -0.303. The van der Waals surface area contributed by atoms with Gasteiger partial charge in [0.1, 0.15) is 0 Å². The highest BCUT2D eigenvalue weighted by Gasteiger charge is 2.15. The largest absolute Gasteiger partial charge is 0.462 e. The molecule has 3 rings (SSSR count). The fourth-order valence-corrected chi connectivity index (χ4v) is 3.77. The van der Waals surface area contributed by atoms with Crippen molar-refractivity contribution in [3.8, 4) is 0 Å². The molecule has 0 saturated carbocycles. The first-order valence-corrected chi connectivity index (χ1v) is 10.6. The maximum Gasteiger partial charge on any atom is 0.338 e. The molecule has 0 atom stereocenters. The van der Waals surface area contributed by atoms with E-state index in [0.717, 1.165) is 50.3 Å². The van der Waals surface area contributed by atoms with Gasteiger partial charge in [-0.3, -0.25) is 4.90 Å². The van der Waals surface area contributed by atoms with Crippen LogP contribution in [0.15, 0.2) is 42.5 Å². The summed E-state index contributed by atoms with van der Waals surface area (Å²) in [5, 5.41) is 7.09. The molecule has 6 heteroatoms. The molecular weight excluding hydrogens is 382 g/mol. The van der Waals surface area contributed by atoms with Gasteiger partial charge in [-0.25, -0.2) is 4.79 Å². The van der Waals surface area contributed by atoms with E-state index in [2.05, 4.69) is 39.8 Å². The molecule has 0 aromatic heterocycles. The molecule has 0 radical (unpaired) electrons. The van der Waals surface area contributed by atoms with Crippen LogP contribution in [-0.2, 0) is 17.7 Å². The monoisotopic (exact) mass is 411 g/mol. The summed E-state index contributed by atoms with van der Waals surface area (Å²) >= 11 is 5.42. The molecule has 2 aromatic carbocycles. The van der Waals surface area contributed by atoms with Gasteiger partial charge in [-0.15, -0.1) is 0 Å². The molecule has 1 aliphatic heterocycles. The van der Waals surface area contributed by atoms with Gasteiger partial charge in [0.05, 0.1) is 12.2 Å². The van der Waals surface area contributed by atoms with Crippen LogP contribution in [-0.4, -0.2) is 42.2 Å². The minimum atomic E-state index is -0.303. The smallest absolute Gasteiger partial charge is 0.338 e. The maximum atomic E-state index is 11.8. The second-order valence-electron chi connectivity index (χ2n) is 7.28. The lowest BCUT2D eigenvalue weighted by Crippen LogP contribution is -2.34. The molecule has 29 heavy (non-hydrogen) atoms. The number of nitrogens with zero attached hydrogens (tertiary/aromatic N) is 1. The third-order valence-corrected chi connectivity index (χ3v) is 5.38. The standard InChI is InChI=1S/C23H29N3O2S/c1-3-28-22(27)19-9-10-21(17(2)15-19)25-23(29)24-12-6-13-26-14-11-18-7-4-5-8-20(18)16-26/h4-5,7-10,15H,3,6,11-14,16H2,1-2H3,(H2,24,25,29). The Morgan fingerprint density at radius 3 is 2.76 bits per heavy atom. The Balaban J connectivity index is 1.40. The molecule has 2 N–H and O–H groups in total. The number of thiocarbonyl (C=S) groups is 1. The van der Waals surface area contributed by atoms with E-state index in [1.807, 2.05) is 19.1 Å². The lowest BCUT2D eigenvalue weighted by Gasteiger charge is -2.28. The molecule has 0 fully saturated rings. The fourth-order valence-electron chi connectivity index (χ4n) is 3.56. The van der Waals surface area contributed by atoms with Crippen molar-refractivity contribution in [2.24, 2.45) is 0 Å². The van der Waals surface area contributed by atoms with Gasteiger partial charge in [0, 0.05) is 31.9 Å². The Bertz CT molecular complexity index is 869. The summed E-state index contributed by atoms with van der Waals surface area (Å²) in [6.45, 7) is 8.14. The van der Waals surface area contributed by atoms with Crippen molar-refractivity contribution in [1.29, 1.82) is 0 Å². The molecule has 0 spiro atoms. The SMILES string of the molecule is CCOC(=O)c1ccc(NC(=S)NCCCN2CCc3ccccc3C2)c(C)c1. The summed E-state index contributed by atoms with van der Waals surface area (Å²) in [6.07, 6.45) is 2.16. The topological polar surface area (TPSA) is 53.6 Å². The molecule has 0 saturated heterocycles. The highest BCUT2D eigenvalue weighted by Crippen LogP contribution is 2.19. The number of ether oxygens (including phenoxy) is 1. The second kappa shape index (κ2) is 10.4. The number of hydrogen-bond acceptors (Lipinski definition) is 4. The second-order valence-corrected chi connectivity index (χ2v) is 7.69. The number of aryl methyl sites for hydroxylation is 1. The molecule has 0 unspecified atom stereocenters. The number of benzene rings is 2. The van der Waals surface area contributed by atoms with Crippen molar-refractivity contribution in [1.82, 2.24) is 10.2 Å². The zero-order chi connectivity index (χ0) is 20.6. The van der Waals surface area contributed by atoms with Gasteiger partial charge >= 0.3 is 5.97 Å². The minimum Gasteiger partial charge on any atom is -0.462 e. The van der Waals surface area contributed by atoms with Gasteiger partial charge in [-0.1, -0.05) is 24.3 Å². The van der Waals surface area contributed by atoms with Crippen LogP contribution in [0.4, 0.5) is 5.69 Å². The lowest BCUT2D eigenvalue weighted by molar-refractivity contribution is 0.0526. The van der Waals surface area contributed by atoms with Gasteiger partial charge in [-0.05, 0) is 73.8 Å². The first-order chi connectivity index (χ1) is 14.1. The summed E-state index contributed by atoms with van der Waals surface area (Å²) in [5.41, 5.74) is 5.33. The Hall–Kier alpha value is -2.44. The van der Waals surface area contributed by atoms with Crippen molar-refractivity contribution in [3.05, 3.63) is 64.7 Å². The van der Waals surface area contributed by atoms with Crippen LogP contribution in [0.5, 0.6) is 0 Å². The number of anilines is 1. The first kappa shape index (κ1) is 21.3. The van der Waals surface area contributed by atoms with Gasteiger partial charge < -0.3 is 15.4 Å². The van der Waals surface area contributed by atoms with E-state index in [-0.39, 0.29) is 5.97 Å². The summed E-state index contributed by atoms with van der Waals surface area (Å²) in [7, 11) is 0. The van der Waals surface area contributed by atoms with Crippen molar-refractivity contribution < 1.29 is 9.53 Å². The zero-order valence-electron chi connectivity index (χ0n) is 17.2. The van der Waals surface area contributed by atoms with Crippen LogP contribution in [0.1, 0.15) is 40.4 Å². The predicted octanol–water partition coefficient (Wildman–Crippen LogP) is 3.91. The molecule has 1 heterocycles. The van der Waals surface area contributed by atoms with E-state index in [0.29, 0.717) is 17.3 Å². The molecule has 1 aliphatic rings. The van der Waals surface area contributed by atoms with Gasteiger partial charge in [0.25, 0.3) is 0 Å². The van der Waals surface area contributed by atoms with E-state index < -0.39 is 0 Å². The van der Waals surface area contributed by atoms with Crippen LogP contribution in [0.25, 0.3) is 0 Å². The number of carbonyl (C=O) groups excluding carboxylic acids is 1. The van der Waals surface area contributed by atoms with Gasteiger partial charge in [0.2, 0.25) is 0 Å². The predicted molar refractivity (Wildman–Crippen MR) is 121 cm³/mol. The molecule has 0 bridgehead atoms. The quantitative estimate of drug-likeness (QED) is 0.409. The molecule has 2 aromatic rings. The lowest BCUT2D eigenvalue weighted by atomic mass is 10.00. The third kappa shape index (κ3) is 6.02. The molecule has 0 amide bonds. The number of nitrogens with one attached hydrogen (secondary N) is 2.